The fraction of sp³-hybridized carbons (Fsp3) is 0.375. The molecule has 0 spiro atoms. The molecule has 0 N–H and O–H groups in total. The van der Waals surface area contributed by atoms with Gasteiger partial charge in [0.1, 0.15) is 5.82 Å². The van der Waals surface area contributed by atoms with Crippen LogP contribution in [0.1, 0.15) is 63.5 Å². The molecule has 1 aliphatic rings. The van der Waals surface area contributed by atoms with Crippen molar-refractivity contribution in [3.8, 4) is 22.6 Å². The smallest absolute Gasteiger partial charge is 0.201 e. The second kappa shape index (κ2) is 13.1. The van der Waals surface area contributed by atoms with Gasteiger partial charge in [-0.1, -0.05) is 31.6 Å². The lowest BCUT2D eigenvalue weighted by Gasteiger charge is -2.23. The van der Waals surface area contributed by atoms with Crippen LogP contribution in [0.2, 0.25) is 0 Å². The average Bonchev–Trinajstić information content (AvgIpc) is 2.94. The topological polar surface area (TPSA) is 18.5 Å². The summed E-state index contributed by atoms with van der Waals surface area (Å²) in [7, 11) is 0. The van der Waals surface area contributed by atoms with Gasteiger partial charge in [0.15, 0.2) is 23.1 Å². The van der Waals surface area contributed by atoms with Crippen LogP contribution in [-0.4, -0.2) is 13.2 Å². The molecule has 7 heteroatoms. The molecule has 0 radical (unpaired) electrons. The Bertz CT molecular complexity index is 1330. The molecule has 2 nitrogen and oxygen atoms in total. The number of ether oxygens (including phenoxy) is 2. The van der Waals surface area contributed by atoms with E-state index in [9.17, 15) is 22.0 Å². The van der Waals surface area contributed by atoms with E-state index in [1.165, 1.54) is 30.3 Å². The Morgan fingerprint density at radius 1 is 0.769 bits per heavy atom. The Morgan fingerprint density at radius 2 is 1.44 bits per heavy atom. The molecule has 3 aromatic carbocycles. The first-order chi connectivity index (χ1) is 18.8. The quantitative estimate of drug-likeness (QED) is 0.177. The maximum absolute atomic E-state index is 14.9. The van der Waals surface area contributed by atoms with Crippen molar-refractivity contribution < 1.29 is 31.4 Å². The summed E-state index contributed by atoms with van der Waals surface area (Å²) in [5.41, 5.74) is 1.63. The summed E-state index contributed by atoms with van der Waals surface area (Å²) in [6.45, 7) is 4.20. The zero-order valence-corrected chi connectivity index (χ0v) is 22.3. The molecule has 0 amide bonds. The zero-order chi connectivity index (χ0) is 27.9. The van der Waals surface area contributed by atoms with Gasteiger partial charge in [-0.05, 0) is 92.8 Å². The lowest BCUT2D eigenvalue weighted by Crippen LogP contribution is -2.09. The summed E-state index contributed by atoms with van der Waals surface area (Å²) in [4.78, 5) is 0. The molecule has 1 unspecified atom stereocenters. The third-order valence-electron chi connectivity index (χ3n) is 7.18. The van der Waals surface area contributed by atoms with E-state index in [2.05, 4.69) is 0 Å². The Hall–Kier alpha value is -3.35. The van der Waals surface area contributed by atoms with Crippen LogP contribution < -0.4 is 9.47 Å². The zero-order valence-electron chi connectivity index (χ0n) is 22.3. The van der Waals surface area contributed by atoms with Crippen LogP contribution in [0.15, 0.2) is 48.5 Å². The molecular weight excluding hydrogens is 511 g/mol. The van der Waals surface area contributed by atoms with Crippen molar-refractivity contribution in [2.75, 3.05) is 13.2 Å². The minimum absolute atomic E-state index is 0.0144. The highest BCUT2D eigenvalue weighted by Gasteiger charge is 2.22. The largest absolute Gasteiger partial charge is 0.491 e. The Morgan fingerprint density at radius 3 is 2.08 bits per heavy atom. The highest BCUT2D eigenvalue weighted by atomic mass is 19.2. The van der Waals surface area contributed by atoms with Gasteiger partial charge in [0.25, 0.3) is 0 Å². The number of unbranched alkanes of at least 4 members (excludes halogenated alkanes) is 1. The van der Waals surface area contributed by atoms with E-state index < -0.39 is 29.1 Å². The Balaban J connectivity index is 1.37. The molecule has 4 rings (SSSR count). The van der Waals surface area contributed by atoms with Crippen molar-refractivity contribution in [2.24, 2.45) is 5.92 Å². The highest BCUT2D eigenvalue weighted by molar-refractivity contribution is 5.68. The SMILES string of the molecule is CCCCOc1ccc(C2=CCC(CCc3ccc(-c4ccc(OCC)c(F)c4F)c(F)c3)CC2)c(F)c1F. The van der Waals surface area contributed by atoms with Crippen molar-refractivity contribution in [1.82, 2.24) is 0 Å². The van der Waals surface area contributed by atoms with E-state index in [0.717, 1.165) is 36.8 Å². The van der Waals surface area contributed by atoms with Crippen LogP contribution in [0.25, 0.3) is 16.7 Å². The van der Waals surface area contributed by atoms with Gasteiger partial charge in [-0.25, -0.2) is 13.2 Å². The fourth-order valence-electron chi connectivity index (χ4n) is 4.92. The molecule has 39 heavy (non-hydrogen) atoms. The molecular formula is C32H33F5O2. The van der Waals surface area contributed by atoms with E-state index in [-0.39, 0.29) is 34.8 Å². The molecule has 3 aromatic rings. The lowest BCUT2D eigenvalue weighted by molar-refractivity contribution is 0.288. The van der Waals surface area contributed by atoms with Crippen LogP contribution in [0, 0.1) is 35.0 Å². The minimum atomic E-state index is -1.15. The van der Waals surface area contributed by atoms with E-state index in [4.69, 9.17) is 9.47 Å². The number of hydrogen-bond donors (Lipinski definition) is 0. The number of aryl methyl sites for hydroxylation is 1. The number of halogens is 5. The van der Waals surface area contributed by atoms with Crippen molar-refractivity contribution in [3.63, 3.8) is 0 Å². The standard InChI is InChI=1S/C32H33F5O2/c1-3-5-18-39-28-16-14-23(29(34)32(28)37)22-11-8-20(9-12-22)6-7-21-10-13-24(26(33)19-21)25-15-17-27(38-4-2)31(36)30(25)35/h10-11,13-17,19-20H,3-9,12,18H2,1-2H3. The van der Waals surface area contributed by atoms with Gasteiger partial charge in [-0.15, -0.1) is 0 Å². The van der Waals surface area contributed by atoms with Gasteiger partial charge in [-0.2, -0.15) is 8.78 Å². The van der Waals surface area contributed by atoms with E-state index in [0.29, 0.717) is 31.8 Å². The molecule has 0 saturated carbocycles. The van der Waals surface area contributed by atoms with Crippen LogP contribution in [-0.2, 0) is 6.42 Å². The van der Waals surface area contributed by atoms with Gasteiger partial charge < -0.3 is 9.47 Å². The van der Waals surface area contributed by atoms with Crippen molar-refractivity contribution in [3.05, 3.63) is 88.8 Å². The Labute approximate surface area is 226 Å². The minimum Gasteiger partial charge on any atom is -0.491 e. The van der Waals surface area contributed by atoms with Crippen molar-refractivity contribution >= 4 is 5.57 Å². The normalized spacial score (nSPS) is 15.3. The second-order valence-electron chi connectivity index (χ2n) is 9.84. The summed E-state index contributed by atoms with van der Waals surface area (Å²) >= 11 is 0. The first-order valence-corrected chi connectivity index (χ1v) is 13.5. The number of rotatable bonds is 11. The first-order valence-electron chi connectivity index (χ1n) is 13.5. The van der Waals surface area contributed by atoms with Crippen LogP contribution >= 0.6 is 0 Å². The number of hydrogen-bond acceptors (Lipinski definition) is 2. The van der Waals surface area contributed by atoms with Crippen molar-refractivity contribution in [1.29, 1.82) is 0 Å². The van der Waals surface area contributed by atoms with Gasteiger partial charge in [0.2, 0.25) is 11.6 Å². The average molecular weight is 545 g/mol. The summed E-state index contributed by atoms with van der Waals surface area (Å²) in [5, 5.41) is 0. The van der Waals surface area contributed by atoms with Crippen LogP contribution in [0.3, 0.4) is 0 Å². The first kappa shape index (κ1) is 28.7. The second-order valence-corrected chi connectivity index (χ2v) is 9.84. The molecule has 208 valence electrons. The third kappa shape index (κ3) is 6.63. The number of allylic oxidation sites excluding steroid dienone is 2. The highest BCUT2D eigenvalue weighted by Crippen LogP contribution is 2.36. The molecule has 0 bridgehead atoms. The van der Waals surface area contributed by atoms with Gasteiger partial charge in [0, 0.05) is 16.7 Å². The van der Waals surface area contributed by atoms with Crippen LogP contribution in [0.4, 0.5) is 22.0 Å². The van der Waals surface area contributed by atoms with Crippen LogP contribution in [0.5, 0.6) is 11.5 Å². The molecule has 1 aliphatic carbocycles. The summed E-state index contributed by atoms with van der Waals surface area (Å²) in [5.74, 6) is -4.69. The van der Waals surface area contributed by atoms with E-state index in [1.54, 1.807) is 19.1 Å². The number of benzene rings is 3. The van der Waals surface area contributed by atoms with E-state index in [1.807, 2.05) is 13.0 Å². The summed E-state index contributed by atoms with van der Waals surface area (Å²) in [6.07, 6.45) is 7.16. The third-order valence-corrected chi connectivity index (χ3v) is 7.18. The summed E-state index contributed by atoms with van der Waals surface area (Å²) in [6, 6.07) is 10.2. The monoisotopic (exact) mass is 544 g/mol. The molecule has 0 fully saturated rings. The fourth-order valence-corrected chi connectivity index (χ4v) is 4.92. The Kier molecular flexibility index (Phi) is 9.65. The predicted molar refractivity (Wildman–Crippen MR) is 143 cm³/mol. The maximum Gasteiger partial charge on any atom is 0.201 e. The van der Waals surface area contributed by atoms with Gasteiger partial charge in [0.05, 0.1) is 13.2 Å². The predicted octanol–water partition coefficient (Wildman–Crippen LogP) is 9.44. The molecule has 0 saturated heterocycles. The van der Waals surface area contributed by atoms with E-state index >= 15 is 0 Å². The molecule has 1 atom stereocenters. The molecule has 0 heterocycles. The van der Waals surface area contributed by atoms with Gasteiger partial charge in [-0.3, -0.25) is 0 Å². The van der Waals surface area contributed by atoms with Gasteiger partial charge >= 0.3 is 0 Å². The lowest BCUT2D eigenvalue weighted by atomic mass is 9.83. The molecule has 0 aromatic heterocycles. The van der Waals surface area contributed by atoms with Crippen molar-refractivity contribution in [2.45, 2.75) is 58.8 Å². The molecule has 0 aliphatic heterocycles. The maximum atomic E-state index is 14.9. The summed E-state index contributed by atoms with van der Waals surface area (Å²) < 4.78 is 83.3.